The van der Waals surface area contributed by atoms with Gasteiger partial charge < -0.3 is 4.90 Å². The molecule has 0 atom stereocenters. The van der Waals surface area contributed by atoms with E-state index in [4.69, 9.17) is 4.99 Å². The van der Waals surface area contributed by atoms with Crippen molar-refractivity contribution in [3.05, 3.63) is 70.8 Å². The van der Waals surface area contributed by atoms with E-state index in [0.29, 0.717) is 24.3 Å². The summed E-state index contributed by atoms with van der Waals surface area (Å²) in [4.78, 5) is 33.0. The van der Waals surface area contributed by atoms with Gasteiger partial charge in [-0.2, -0.15) is 13.2 Å². The lowest BCUT2D eigenvalue weighted by Gasteiger charge is -2.44. The summed E-state index contributed by atoms with van der Waals surface area (Å²) in [5, 5.41) is 0. The van der Waals surface area contributed by atoms with Gasteiger partial charge in [-0.1, -0.05) is 62.7 Å². The Labute approximate surface area is 204 Å². The summed E-state index contributed by atoms with van der Waals surface area (Å²) in [7, 11) is 0. The van der Waals surface area contributed by atoms with Gasteiger partial charge in [0.15, 0.2) is 5.78 Å². The summed E-state index contributed by atoms with van der Waals surface area (Å²) in [6.07, 6.45) is -1.73. The van der Waals surface area contributed by atoms with Crippen LogP contribution in [0.15, 0.2) is 53.5 Å². The molecule has 0 aromatic heterocycles. The average molecular weight is 485 g/mol. The molecule has 1 spiro atoms. The maximum atomic E-state index is 13.6. The number of ketones is 1. The van der Waals surface area contributed by atoms with Gasteiger partial charge in [-0.05, 0) is 56.1 Å². The molecule has 2 aromatic rings. The number of aryl methyl sites for hydroxylation is 1. The molecular formula is C28H31F3N2O2. The number of halogens is 3. The van der Waals surface area contributed by atoms with Crippen LogP contribution in [0, 0.1) is 18.3 Å². The van der Waals surface area contributed by atoms with Crippen LogP contribution in [0.5, 0.6) is 0 Å². The van der Waals surface area contributed by atoms with Crippen LogP contribution in [0.2, 0.25) is 0 Å². The number of Topliss-reactive ketones (excluding diaryl/α,β-unsaturated/α-hetero) is 1. The van der Waals surface area contributed by atoms with Crippen LogP contribution < -0.4 is 0 Å². The van der Waals surface area contributed by atoms with Crippen molar-refractivity contribution >= 4 is 17.4 Å². The molecule has 4 nitrogen and oxygen atoms in total. The molecule has 0 bridgehead atoms. The largest absolute Gasteiger partial charge is 0.416 e. The fraction of sp³-hybridized carbons (Fsp3) is 0.464. The highest BCUT2D eigenvalue weighted by Crippen LogP contribution is 2.46. The van der Waals surface area contributed by atoms with Crippen LogP contribution in [0.4, 0.5) is 13.2 Å². The zero-order chi connectivity index (χ0) is 25.6. The molecule has 7 heteroatoms. The zero-order valence-corrected chi connectivity index (χ0v) is 20.6. The molecule has 1 heterocycles. The Balaban J connectivity index is 1.69. The Kier molecular flexibility index (Phi) is 6.41. The number of hydrogen-bond donors (Lipinski definition) is 0. The van der Waals surface area contributed by atoms with Crippen molar-refractivity contribution in [3.63, 3.8) is 0 Å². The second-order valence-corrected chi connectivity index (χ2v) is 10.8. The van der Waals surface area contributed by atoms with Crippen molar-refractivity contribution in [1.82, 2.24) is 4.90 Å². The molecule has 1 amide bonds. The van der Waals surface area contributed by atoms with Crippen molar-refractivity contribution in [2.24, 2.45) is 16.3 Å². The number of hydrogen-bond acceptors (Lipinski definition) is 3. The second kappa shape index (κ2) is 8.92. The van der Waals surface area contributed by atoms with Crippen LogP contribution in [-0.4, -0.2) is 34.5 Å². The van der Waals surface area contributed by atoms with Gasteiger partial charge in [-0.3, -0.25) is 14.6 Å². The molecule has 0 radical (unpaired) electrons. The smallest absolute Gasteiger partial charge is 0.305 e. The van der Waals surface area contributed by atoms with E-state index in [1.165, 1.54) is 17.0 Å². The zero-order valence-electron chi connectivity index (χ0n) is 20.6. The van der Waals surface area contributed by atoms with Crippen LogP contribution in [0.1, 0.15) is 73.5 Å². The first-order valence-electron chi connectivity index (χ1n) is 12.0. The number of aliphatic imine (C=N–C) groups is 1. The third kappa shape index (κ3) is 5.04. The Morgan fingerprint density at radius 1 is 1.06 bits per heavy atom. The predicted octanol–water partition coefficient (Wildman–Crippen LogP) is 6.46. The minimum atomic E-state index is -4.53. The molecule has 0 saturated heterocycles. The topological polar surface area (TPSA) is 49.7 Å². The molecule has 1 aliphatic heterocycles. The molecule has 1 saturated carbocycles. The first kappa shape index (κ1) is 25.1. The third-order valence-corrected chi connectivity index (χ3v) is 7.42. The van der Waals surface area contributed by atoms with Crippen molar-refractivity contribution in [2.45, 2.75) is 65.2 Å². The summed E-state index contributed by atoms with van der Waals surface area (Å²) in [6.45, 7) is 8.33. The number of rotatable bonds is 4. The van der Waals surface area contributed by atoms with E-state index in [1.807, 2.05) is 19.1 Å². The summed E-state index contributed by atoms with van der Waals surface area (Å²) >= 11 is 0. The third-order valence-electron chi connectivity index (χ3n) is 7.42. The van der Waals surface area contributed by atoms with E-state index < -0.39 is 23.3 Å². The van der Waals surface area contributed by atoms with Gasteiger partial charge in [0.25, 0.3) is 5.91 Å². The number of carbonyl (C=O) groups is 2. The van der Waals surface area contributed by atoms with Crippen LogP contribution >= 0.6 is 0 Å². The molecule has 1 fully saturated rings. The predicted molar refractivity (Wildman–Crippen MR) is 129 cm³/mol. The fourth-order valence-electron chi connectivity index (χ4n) is 5.19. The first-order chi connectivity index (χ1) is 16.3. The molecule has 186 valence electrons. The Hall–Kier alpha value is -2.96. The molecule has 35 heavy (non-hydrogen) atoms. The van der Waals surface area contributed by atoms with Gasteiger partial charge in [0.05, 0.1) is 12.1 Å². The van der Waals surface area contributed by atoms with Gasteiger partial charge in [0.1, 0.15) is 11.4 Å². The summed E-state index contributed by atoms with van der Waals surface area (Å²) in [6, 6.07) is 11.9. The summed E-state index contributed by atoms with van der Waals surface area (Å²) in [5.41, 5.74) is 0.00309. The maximum absolute atomic E-state index is 13.6. The van der Waals surface area contributed by atoms with Gasteiger partial charge >= 0.3 is 6.18 Å². The number of nitrogens with zero attached hydrogens (tertiary/aromatic N) is 2. The number of benzene rings is 2. The van der Waals surface area contributed by atoms with E-state index in [2.05, 4.69) is 20.8 Å². The van der Waals surface area contributed by atoms with Crippen molar-refractivity contribution < 1.29 is 22.8 Å². The lowest BCUT2D eigenvalue weighted by molar-refractivity contribution is -0.137. The summed E-state index contributed by atoms with van der Waals surface area (Å²) in [5.74, 6) is -0.263. The molecular weight excluding hydrogens is 453 g/mol. The molecule has 0 unspecified atom stereocenters. The molecule has 1 aliphatic carbocycles. The van der Waals surface area contributed by atoms with Gasteiger partial charge in [0.2, 0.25) is 0 Å². The van der Waals surface area contributed by atoms with E-state index in [0.717, 1.165) is 30.5 Å². The number of amides is 1. The maximum Gasteiger partial charge on any atom is 0.416 e. The SMILES string of the molecule is Cc1ccc(C(=O)CN2C(=O)C(c3cccc(C(F)(F)F)c3)=NC23CCC(C(C)(C)C)CC3)cc1. The van der Waals surface area contributed by atoms with Crippen molar-refractivity contribution in [2.75, 3.05) is 6.54 Å². The monoisotopic (exact) mass is 484 g/mol. The van der Waals surface area contributed by atoms with Gasteiger partial charge in [-0.25, -0.2) is 0 Å². The Bertz CT molecular complexity index is 1150. The normalized spacial score (nSPS) is 23.1. The molecule has 0 N–H and O–H groups in total. The number of alkyl halides is 3. The van der Waals surface area contributed by atoms with E-state index in [9.17, 15) is 22.8 Å². The fourth-order valence-corrected chi connectivity index (χ4v) is 5.19. The summed E-state index contributed by atoms with van der Waals surface area (Å²) < 4.78 is 40.0. The highest BCUT2D eigenvalue weighted by Gasteiger charge is 2.50. The van der Waals surface area contributed by atoms with Crippen LogP contribution in [-0.2, 0) is 11.0 Å². The second-order valence-electron chi connectivity index (χ2n) is 10.8. The molecule has 2 aliphatic rings. The quantitative estimate of drug-likeness (QED) is 0.468. The van der Waals surface area contributed by atoms with E-state index >= 15 is 0 Å². The van der Waals surface area contributed by atoms with Crippen molar-refractivity contribution in [3.8, 4) is 0 Å². The van der Waals surface area contributed by atoms with E-state index in [1.54, 1.807) is 12.1 Å². The molecule has 2 aromatic carbocycles. The highest BCUT2D eigenvalue weighted by molar-refractivity contribution is 6.47. The molecule has 4 rings (SSSR count). The number of carbonyl (C=O) groups excluding carboxylic acids is 2. The van der Waals surface area contributed by atoms with Crippen molar-refractivity contribution in [1.29, 1.82) is 0 Å². The lowest BCUT2D eigenvalue weighted by Crippen LogP contribution is -2.51. The lowest BCUT2D eigenvalue weighted by atomic mass is 9.69. The minimum Gasteiger partial charge on any atom is -0.305 e. The van der Waals surface area contributed by atoms with Gasteiger partial charge in [-0.15, -0.1) is 0 Å². The Morgan fingerprint density at radius 2 is 1.69 bits per heavy atom. The van der Waals surface area contributed by atoms with Crippen LogP contribution in [0.25, 0.3) is 0 Å². The average Bonchev–Trinajstić information content (AvgIpc) is 3.05. The van der Waals surface area contributed by atoms with Gasteiger partial charge in [0, 0.05) is 11.1 Å². The highest BCUT2D eigenvalue weighted by atomic mass is 19.4. The Morgan fingerprint density at radius 3 is 2.26 bits per heavy atom. The van der Waals surface area contributed by atoms with Crippen LogP contribution in [0.3, 0.4) is 0 Å². The standard InChI is InChI=1S/C28H31F3N2O2/c1-18-8-10-19(11-9-18)23(34)17-33-25(35)24(20-6-5-7-22(16-20)28(29,30)31)32-27(33)14-12-21(13-15-27)26(2,3)4/h5-11,16,21H,12-15,17H2,1-4H3. The minimum absolute atomic E-state index is 0.00187. The van der Waals surface area contributed by atoms with E-state index in [-0.39, 0.29) is 29.0 Å². The first-order valence-corrected chi connectivity index (χ1v) is 12.0.